The molecule has 0 unspecified atom stereocenters. The number of fused-ring (bicyclic) bond motifs is 1. The number of alkyl carbamates (subject to hydrolysis) is 1. The van der Waals surface area contributed by atoms with E-state index in [1.807, 2.05) is 5.32 Å². The maximum absolute atomic E-state index is 12.4. The Morgan fingerprint density at radius 1 is 1.18 bits per heavy atom. The van der Waals surface area contributed by atoms with E-state index < -0.39 is 52.5 Å². The summed E-state index contributed by atoms with van der Waals surface area (Å²) in [5.41, 5.74) is -0.325. The van der Waals surface area contributed by atoms with Crippen molar-refractivity contribution in [1.82, 2.24) is 5.32 Å². The first-order valence-electron chi connectivity index (χ1n) is 8.33. The Bertz CT molecular complexity index is 927. The van der Waals surface area contributed by atoms with Crippen molar-refractivity contribution in [3.05, 3.63) is 34.7 Å². The Balaban J connectivity index is 1.96. The Labute approximate surface area is 162 Å². The lowest BCUT2D eigenvalue weighted by atomic mass is 10.1. The third-order valence-electron chi connectivity index (χ3n) is 3.60. The zero-order valence-electron chi connectivity index (χ0n) is 15.6. The van der Waals surface area contributed by atoms with E-state index in [4.69, 9.17) is 14.6 Å². The number of carboxylic acids is 1. The van der Waals surface area contributed by atoms with Gasteiger partial charge in [-0.3, -0.25) is 4.79 Å². The van der Waals surface area contributed by atoms with Crippen molar-refractivity contribution in [1.29, 1.82) is 0 Å². The molecule has 1 aromatic rings. The number of aliphatic carboxylic acids is 1. The molecule has 2 N–H and O–H groups in total. The summed E-state index contributed by atoms with van der Waals surface area (Å²) >= 11 is 0. The maximum atomic E-state index is 12.4. The van der Waals surface area contributed by atoms with E-state index in [2.05, 4.69) is 0 Å². The first kappa shape index (κ1) is 21.4. The number of rotatable bonds is 6. The molecule has 1 aliphatic heterocycles. The highest BCUT2D eigenvalue weighted by atomic mass is 32.2. The van der Waals surface area contributed by atoms with Crippen molar-refractivity contribution in [3.8, 4) is 0 Å². The normalized spacial score (nSPS) is 15.8. The van der Waals surface area contributed by atoms with Gasteiger partial charge in [-0.25, -0.2) is 18.0 Å². The van der Waals surface area contributed by atoms with Gasteiger partial charge in [0.1, 0.15) is 18.2 Å². The average molecular weight is 411 g/mol. The van der Waals surface area contributed by atoms with E-state index in [-0.39, 0.29) is 9.80 Å². The van der Waals surface area contributed by atoms with E-state index in [0.29, 0.717) is 5.56 Å². The molecule has 28 heavy (non-hydrogen) atoms. The molecule has 0 fully saturated rings. The zero-order chi connectivity index (χ0) is 21.1. The average Bonchev–Trinajstić information content (AvgIpc) is 2.81. The maximum Gasteiger partial charge on any atom is 0.408 e. The summed E-state index contributed by atoms with van der Waals surface area (Å²) in [6, 6.07) is 4.73. The summed E-state index contributed by atoms with van der Waals surface area (Å²) in [4.78, 5) is 34.9. The molecule has 1 heterocycles. The number of amides is 1. The first-order valence-corrected chi connectivity index (χ1v) is 9.81. The minimum absolute atomic E-state index is 0.113. The molecule has 0 aromatic heterocycles. The molecule has 0 radical (unpaired) electrons. The summed E-state index contributed by atoms with van der Waals surface area (Å²) < 4.78 is 34.6. The number of carbonyl (C=O) groups is 3. The van der Waals surface area contributed by atoms with Gasteiger partial charge in [0.2, 0.25) is 9.84 Å². The van der Waals surface area contributed by atoms with Crippen molar-refractivity contribution >= 4 is 33.9 Å². The molecule has 1 aliphatic rings. The number of carboxylic acid groups (broad SMARTS) is 1. The second-order valence-corrected chi connectivity index (χ2v) is 9.02. The lowest BCUT2D eigenvalue weighted by Crippen LogP contribution is -2.43. The lowest BCUT2D eigenvalue weighted by molar-refractivity contribution is -0.158. The Morgan fingerprint density at radius 2 is 1.82 bits per heavy atom. The molecule has 1 amide bonds. The van der Waals surface area contributed by atoms with Gasteiger partial charge in [-0.1, -0.05) is 18.2 Å². The van der Waals surface area contributed by atoms with Crippen LogP contribution in [-0.4, -0.2) is 49.8 Å². The van der Waals surface area contributed by atoms with Gasteiger partial charge in [-0.15, -0.1) is 0 Å². The number of hydrogen-bond donors (Lipinski definition) is 2. The van der Waals surface area contributed by atoms with Gasteiger partial charge in [0.05, 0.1) is 16.2 Å². The van der Waals surface area contributed by atoms with E-state index >= 15 is 0 Å². The van der Waals surface area contributed by atoms with E-state index in [1.54, 1.807) is 39.0 Å². The number of benzene rings is 1. The number of ether oxygens (including phenoxy) is 2. The third kappa shape index (κ3) is 5.32. The molecule has 9 nitrogen and oxygen atoms in total. The lowest BCUT2D eigenvalue weighted by Gasteiger charge is -2.21. The number of nitrogens with one attached hydrogen (secondary N) is 1. The molecule has 10 heteroatoms. The molecular formula is C18H21NO8S. The van der Waals surface area contributed by atoms with Crippen LogP contribution < -0.4 is 5.32 Å². The van der Waals surface area contributed by atoms with Crippen LogP contribution in [-0.2, 0) is 28.9 Å². The van der Waals surface area contributed by atoms with Crippen LogP contribution >= 0.6 is 0 Å². The smallest absolute Gasteiger partial charge is 0.408 e. The van der Waals surface area contributed by atoms with Gasteiger partial charge in [-0.05, 0) is 38.5 Å². The summed E-state index contributed by atoms with van der Waals surface area (Å²) in [5, 5.41) is 11.2. The van der Waals surface area contributed by atoms with Gasteiger partial charge in [-0.2, -0.15) is 0 Å². The predicted octanol–water partition coefficient (Wildman–Crippen LogP) is 1.73. The van der Waals surface area contributed by atoms with Crippen molar-refractivity contribution in [2.24, 2.45) is 0 Å². The van der Waals surface area contributed by atoms with Crippen LogP contribution in [0.5, 0.6) is 0 Å². The predicted molar refractivity (Wildman–Crippen MR) is 98.0 cm³/mol. The topological polar surface area (TPSA) is 136 Å². The molecule has 0 saturated carbocycles. The number of sulfone groups is 1. The van der Waals surface area contributed by atoms with E-state index in [1.165, 1.54) is 12.1 Å². The van der Waals surface area contributed by atoms with Gasteiger partial charge in [0.25, 0.3) is 0 Å². The van der Waals surface area contributed by atoms with Crippen LogP contribution in [0.1, 0.15) is 32.8 Å². The molecule has 0 aliphatic carbocycles. The first-order chi connectivity index (χ1) is 12.9. The minimum Gasteiger partial charge on any atom is -0.480 e. The molecule has 0 spiro atoms. The zero-order valence-corrected chi connectivity index (χ0v) is 16.4. The van der Waals surface area contributed by atoms with Crippen molar-refractivity contribution in [3.63, 3.8) is 0 Å². The third-order valence-corrected chi connectivity index (χ3v) is 5.47. The van der Waals surface area contributed by atoms with Gasteiger partial charge < -0.3 is 19.9 Å². The van der Waals surface area contributed by atoms with E-state index in [0.717, 1.165) is 0 Å². The van der Waals surface area contributed by atoms with Gasteiger partial charge in [0, 0.05) is 0 Å². The molecule has 2 rings (SSSR count). The van der Waals surface area contributed by atoms with Crippen LogP contribution in [0.25, 0.3) is 6.08 Å². The summed E-state index contributed by atoms with van der Waals surface area (Å²) in [7, 11) is -3.76. The highest BCUT2D eigenvalue weighted by molar-refractivity contribution is 7.95. The van der Waals surface area contributed by atoms with Crippen molar-refractivity contribution < 1.29 is 37.4 Å². The van der Waals surface area contributed by atoms with Crippen LogP contribution in [0, 0.1) is 0 Å². The Hall–Kier alpha value is -2.88. The second-order valence-electron chi connectivity index (χ2n) is 7.05. The van der Waals surface area contributed by atoms with Crippen LogP contribution in [0.15, 0.2) is 34.1 Å². The summed E-state index contributed by atoms with van der Waals surface area (Å²) in [6.07, 6.45) is -0.385. The monoisotopic (exact) mass is 411 g/mol. The van der Waals surface area contributed by atoms with Crippen LogP contribution in [0.3, 0.4) is 0 Å². The summed E-state index contributed by atoms with van der Waals surface area (Å²) in [5.74, 6) is -2.26. The van der Waals surface area contributed by atoms with Crippen molar-refractivity contribution in [2.75, 3.05) is 6.61 Å². The fraction of sp³-hybridized carbons (Fsp3) is 0.389. The molecule has 1 aromatic carbocycles. The molecule has 152 valence electrons. The largest absolute Gasteiger partial charge is 0.480 e. The number of hydrogen-bond acceptors (Lipinski definition) is 7. The van der Waals surface area contributed by atoms with Gasteiger partial charge in [0.15, 0.2) is 0 Å². The number of esters is 1. The SMILES string of the molecule is CC(C)(C)OC(=O)C[C@H](NC(=O)OCC1=Cc2ccccc2S1(=O)=O)C(=O)O. The second kappa shape index (κ2) is 8.01. The van der Waals surface area contributed by atoms with Crippen molar-refractivity contribution in [2.45, 2.75) is 43.7 Å². The Morgan fingerprint density at radius 3 is 2.39 bits per heavy atom. The highest BCUT2D eigenvalue weighted by Crippen LogP contribution is 2.32. The minimum atomic E-state index is -3.76. The molecule has 0 saturated heterocycles. The molecule has 0 bridgehead atoms. The van der Waals surface area contributed by atoms with Crippen LogP contribution in [0.2, 0.25) is 0 Å². The standard InChI is InChI=1S/C18H21NO8S/c1-18(2,3)27-15(20)9-13(16(21)22)19-17(23)26-10-12-8-11-6-4-5-7-14(11)28(12,24)25/h4-8,13H,9-10H2,1-3H3,(H,19,23)(H,21,22)/t13-/m0/s1. The van der Waals surface area contributed by atoms with Crippen LogP contribution in [0.4, 0.5) is 4.79 Å². The fourth-order valence-electron chi connectivity index (χ4n) is 2.43. The van der Waals surface area contributed by atoms with E-state index in [9.17, 15) is 22.8 Å². The molecule has 1 atom stereocenters. The quantitative estimate of drug-likeness (QED) is 0.676. The summed E-state index contributed by atoms with van der Waals surface area (Å²) in [6.45, 7) is 4.30. The number of carbonyl (C=O) groups excluding carboxylic acids is 2. The fourth-order valence-corrected chi connectivity index (χ4v) is 3.90. The molecular weight excluding hydrogens is 390 g/mol. The van der Waals surface area contributed by atoms with Gasteiger partial charge >= 0.3 is 18.0 Å². The Kier molecular flexibility index (Phi) is 6.13. The highest BCUT2D eigenvalue weighted by Gasteiger charge is 2.31.